The van der Waals surface area contributed by atoms with E-state index in [1.165, 1.54) is 22.3 Å². The first-order chi connectivity index (χ1) is 15.8. The molecule has 1 N–H and O–H groups in total. The zero-order valence-corrected chi connectivity index (χ0v) is 20.1. The zero-order chi connectivity index (χ0) is 23.2. The van der Waals surface area contributed by atoms with Crippen molar-refractivity contribution in [2.45, 2.75) is 35.9 Å². The van der Waals surface area contributed by atoms with Crippen LogP contribution in [0.5, 0.6) is 0 Å². The van der Waals surface area contributed by atoms with Crippen molar-refractivity contribution in [3.63, 3.8) is 0 Å². The van der Waals surface area contributed by atoms with Crippen LogP contribution < -0.4 is 5.43 Å². The summed E-state index contributed by atoms with van der Waals surface area (Å²) >= 11 is 13.0. The molecule has 5 heteroatoms. The van der Waals surface area contributed by atoms with Crippen LogP contribution in [0, 0.1) is 25.7 Å². The van der Waals surface area contributed by atoms with E-state index in [0.29, 0.717) is 0 Å². The predicted molar refractivity (Wildman–Crippen MR) is 135 cm³/mol. The van der Waals surface area contributed by atoms with E-state index >= 15 is 0 Å². The number of carbonyl (C=O) groups is 1. The lowest BCUT2D eigenvalue weighted by Crippen LogP contribution is -2.25. The van der Waals surface area contributed by atoms with Gasteiger partial charge >= 0.3 is 0 Å². The standard InChI is InChI=1S/C28H26Cl2N2O/c1-18-8-6-12-21(14-18)27(22-13-7-9-19(2)15-22)16-23(27)26(33)32-31-17-24-25(28(24,29)30)20-10-4-3-5-11-20/h3-15,17,23-25H,16H2,1-2H3,(H,32,33)/b31-17-/t23-,24+,25+/m1/s1. The summed E-state index contributed by atoms with van der Waals surface area (Å²) in [6.45, 7) is 4.16. The molecule has 0 aromatic heterocycles. The van der Waals surface area contributed by atoms with E-state index in [2.05, 4.69) is 72.9 Å². The lowest BCUT2D eigenvalue weighted by Gasteiger charge is -2.19. The van der Waals surface area contributed by atoms with Crippen molar-refractivity contribution in [3.05, 3.63) is 107 Å². The van der Waals surface area contributed by atoms with Crippen LogP contribution in [-0.2, 0) is 10.2 Å². The van der Waals surface area contributed by atoms with Gasteiger partial charge in [0.2, 0.25) is 5.91 Å². The molecule has 5 rings (SSSR count). The van der Waals surface area contributed by atoms with Crippen molar-refractivity contribution >= 4 is 35.3 Å². The first-order valence-corrected chi connectivity index (χ1v) is 12.0. The van der Waals surface area contributed by atoms with Crippen LogP contribution in [0.25, 0.3) is 0 Å². The molecule has 2 saturated carbocycles. The minimum Gasteiger partial charge on any atom is -0.273 e. The second kappa shape index (κ2) is 8.30. The van der Waals surface area contributed by atoms with Gasteiger partial charge in [0.1, 0.15) is 4.33 Å². The largest absolute Gasteiger partial charge is 0.273 e. The van der Waals surface area contributed by atoms with Crippen LogP contribution in [0.4, 0.5) is 0 Å². The number of hydrazone groups is 1. The molecule has 3 aromatic carbocycles. The molecule has 2 aliphatic carbocycles. The average molecular weight is 477 g/mol. The van der Waals surface area contributed by atoms with Gasteiger partial charge in [-0.25, -0.2) is 5.43 Å². The molecule has 33 heavy (non-hydrogen) atoms. The summed E-state index contributed by atoms with van der Waals surface area (Å²) in [5.74, 6) is -0.427. The Morgan fingerprint density at radius 3 is 2.12 bits per heavy atom. The van der Waals surface area contributed by atoms with Crippen molar-refractivity contribution < 1.29 is 4.79 Å². The molecular weight excluding hydrogens is 451 g/mol. The van der Waals surface area contributed by atoms with Crippen LogP contribution in [0.1, 0.15) is 40.2 Å². The molecule has 3 atom stereocenters. The van der Waals surface area contributed by atoms with Gasteiger partial charge in [-0.1, -0.05) is 90.0 Å². The SMILES string of the molecule is Cc1cccc(C2(c3cccc(C)c3)C[C@@H]2C(=O)N/N=C\[C@H]2[C@H](c3ccccc3)C2(Cl)Cl)c1. The maximum Gasteiger partial charge on any atom is 0.244 e. The second-order valence-corrected chi connectivity index (χ2v) is 10.8. The molecule has 168 valence electrons. The number of hydrogen-bond acceptors (Lipinski definition) is 2. The molecular formula is C28H26Cl2N2O. The smallest absolute Gasteiger partial charge is 0.244 e. The van der Waals surface area contributed by atoms with Gasteiger partial charge in [-0.2, -0.15) is 5.10 Å². The first kappa shape index (κ1) is 22.2. The summed E-state index contributed by atoms with van der Waals surface area (Å²) in [5, 5.41) is 4.26. The second-order valence-electron chi connectivity index (χ2n) is 9.31. The molecule has 3 nitrogen and oxygen atoms in total. The number of rotatable bonds is 6. The molecule has 0 spiro atoms. The van der Waals surface area contributed by atoms with Gasteiger partial charge in [0.05, 0.1) is 5.92 Å². The maximum absolute atomic E-state index is 13.2. The quantitative estimate of drug-likeness (QED) is 0.253. The number of hydrogen-bond donors (Lipinski definition) is 1. The third-order valence-electron chi connectivity index (χ3n) is 7.02. The minimum atomic E-state index is -0.901. The molecule has 0 radical (unpaired) electrons. The van der Waals surface area contributed by atoms with Crippen LogP contribution in [0.15, 0.2) is 84.0 Å². The Bertz CT molecular complexity index is 1180. The van der Waals surface area contributed by atoms with Crippen LogP contribution >= 0.6 is 23.2 Å². The van der Waals surface area contributed by atoms with E-state index in [9.17, 15) is 4.79 Å². The number of nitrogens with zero attached hydrogens (tertiary/aromatic N) is 1. The number of carbonyl (C=O) groups excluding carboxylic acids is 1. The van der Waals surface area contributed by atoms with Crippen molar-refractivity contribution in [3.8, 4) is 0 Å². The number of nitrogens with one attached hydrogen (secondary N) is 1. The highest BCUT2D eigenvalue weighted by atomic mass is 35.5. The van der Waals surface area contributed by atoms with E-state index in [4.69, 9.17) is 23.2 Å². The Kier molecular flexibility index (Phi) is 5.58. The minimum absolute atomic E-state index is 0.0257. The summed E-state index contributed by atoms with van der Waals surface area (Å²) < 4.78 is -0.901. The van der Waals surface area contributed by atoms with Gasteiger partial charge in [0.25, 0.3) is 0 Å². The van der Waals surface area contributed by atoms with Gasteiger partial charge < -0.3 is 0 Å². The van der Waals surface area contributed by atoms with E-state index in [1.54, 1.807) is 6.21 Å². The maximum atomic E-state index is 13.2. The Labute approximate surface area is 204 Å². The van der Waals surface area contributed by atoms with Crippen molar-refractivity contribution in [2.24, 2.45) is 16.9 Å². The number of alkyl halides is 2. The third kappa shape index (κ3) is 3.98. The fourth-order valence-corrected chi connectivity index (χ4v) is 5.88. The fraction of sp³-hybridized carbons (Fsp3) is 0.286. The topological polar surface area (TPSA) is 41.5 Å². The highest BCUT2D eigenvalue weighted by Gasteiger charge is 2.63. The molecule has 2 aliphatic rings. The fourth-order valence-electron chi connectivity index (χ4n) is 5.11. The normalized spacial score (nSPS) is 24.4. The number of amides is 1. The Morgan fingerprint density at radius 1 is 0.939 bits per heavy atom. The van der Waals surface area contributed by atoms with Gasteiger partial charge in [-0.15, -0.1) is 23.2 Å². The lowest BCUT2D eigenvalue weighted by atomic mass is 9.84. The monoisotopic (exact) mass is 476 g/mol. The van der Waals surface area contributed by atoms with Gasteiger partial charge in [-0.05, 0) is 37.0 Å². The van der Waals surface area contributed by atoms with Crippen LogP contribution in [0.2, 0.25) is 0 Å². The van der Waals surface area contributed by atoms with Gasteiger partial charge in [-0.3, -0.25) is 4.79 Å². The molecule has 0 heterocycles. The molecule has 0 aliphatic heterocycles. The average Bonchev–Trinajstić information content (AvgIpc) is 3.67. The first-order valence-electron chi connectivity index (χ1n) is 11.2. The molecule has 0 unspecified atom stereocenters. The summed E-state index contributed by atoms with van der Waals surface area (Å²) in [4.78, 5) is 13.2. The van der Waals surface area contributed by atoms with E-state index in [-0.39, 0.29) is 29.1 Å². The van der Waals surface area contributed by atoms with E-state index < -0.39 is 4.33 Å². The molecule has 1 amide bonds. The van der Waals surface area contributed by atoms with Crippen molar-refractivity contribution in [2.75, 3.05) is 0 Å². The van der Waals surface area contributed by atoms with Crippen molar-refractivity contribution in [1.29, 1.82) is 0 Å². The number of aryl methyl sites for hydroxylation is 2. The van der Waals surface area contributed by atoms with Gasteiger partial charge in [0.15, 0.2) is 0 Å². The van der Waals surface area contributed by atoms with E-state index in [0.717, 1.165) is 12.0 Å². The highest BCUT2D eigenvalue weighted by Crippen LogP contribution is 2.64. The van der Waals surface area contributed by atoms with E-state index in [1.807, 2.05) is 30.3 Å². The molecule has 3 aromatic rings. The third-order valence-corrected chi connectivity index (χ3v) is 8.00. The van der Waals surface area contributed by atoms with Crippen LogP contribution in [-0.4, -0.2) is 16.5 Å². The zero-order valence-electron chi connectivity index (χ0n) is 18.6. The lowest BCUT2D eigenvalue weighted by molar-refractivity contribution is -0.122. The molecule has 2 fully saturated rings. The summed E-state index contributed by atoms with van der Waals surface area (Å²) in [6, 6.07) is 26.8. The molecule has 0 bridgehead atoms. The summed E-state index contributed by atoms with van der Waals surface area (Å²) in [5.41, 5.74) is 8.22. The van der Waals surface area contributed by atoms with Crippen molar-refractivity contribution in [1.82, 2.24) is 5.43 Å². The Hall–Kier alpha value is -2.62. The molecule has 0 saturated heterocycles. The number of halogens is 2. The highest BCUT2D eigenvalue weighted by molar-refractivity contribution is 6.53. The Morgan fingerprint density at radius 2 is 1.55 bits per heavy atom. The van der Waals surface area contributed by atoms with Crippen LogP contribution in [0.3, 0.4) is 0 Å². The van der Waals surface area contributed by atoms with Gasteiger partial charge in [0, 0.05) is 23.5 Å². The Balaban J connectivity index is 1.34. The summed E-state index contributed by atoms with van der Waals surface area (Å²) in [6.07, 6.45) is 2.44. The summed E-state index contributed by atoms with van der Waals surface area (Å²) in [7, 11) is 0. The predicted octanol–water partition coefficient (Wildman–Crippen LogP) is 6.30. The number of benzene rings is 3.